The molecule has 12 amide bonds. The van der Waals surface area contributed by atoms with Crippen LogP contribution in [-0.4, -0.2) is 307 Å². The Kier molecular flexibility index (Phi) is 32.5. The molecule has 0 aromatic carbocycles. The van der Waals surface area contributed by atoms with Crippen LogP contribution in [0.1, 0.15) is 188 Å². The van der Waals surface area contributed by atoms with E-state index in [0.717, 1.165) is 31.5 Å². The first kappa shape index (κ1) is 91.4. The lowest BCUT2D eigenvalue weighted by molar-refractivity contribution is -0.219. The molecule has 2 bridgehead atoms. The number of nitrogens with zero attached hydrogens (tertiary/aromatic N) is 9. The highest BCUT2D eigenvalue weighted by atomic mass is 19.4. The Labute approximate surface area is 655 Å². The molecule has 113 heavy (non-hydrogen) atoms. The number of likely N-dealkylation sites (N-methyl/N-ethyl adjacent to an activating group) is 6. The molecule has 640 valence electrons. The van der Waals surface area contributed by atoms with Crippen molar-refractivity contribution in [2.75, 3.05) is 101 Å². The highest BCUT2D eigenvalue weighted by molar-refractivity contribution is 6.01. The van der Waals surface area contributed by atoms with Crippen LogP contribution in [0.2, 0.25) is 0 Å². The number of fused-ring (bicyclic) bond motifs is 3. The summed E-state index contributed by atoms with van der Waals surface area (Å²) >= 11 is 0. The van der Waals surface area contributed by atoms with Gasteiger partial charge in [0.1, 0.15) is 72.1 Å². The fourth-order valence-electron chi connectivity index (χ4n) is 18.2. The molecular weight excluding hydrogens is 1510 g/mol. The van der Waals surface area contributed by atoms with Crippen LogP contribution in [0.5, 0.6) is 0 Å². The third-order valence-corrected chi connectivity index (χ3v) is 25.3. The van der Waals surface area contributed by atoms with Crippen molar-refractivity contribution in [2.24, 2.45) is 35.5 Å². The molecule has 4 saturated carbocycles. The van der Waals surface area contributed by atoms with Gasteiger partial charge in [0, 0.05) is 87.4 Å². The van der Waals surface area contributed by atoms with E-state index in [0.29, 0.717) is 51.4 Å². The topological polar surface area (TPSA) is 289 Å². The van der Waals surface area contributed by atoms with Crippen molar-refractivity contribution in [3.05, 3.63) is 0 Å². The van der Waals surface area contributed by atoms with E-state index in [2.05, 4.69) is 16.0 Å². The van der Waals surface area contributed by atoms with Gasteiger partial charge >= 0.3 is 12.4 Å². The molecule has 4 aliphatic heterocycles. The molecular formula is C77H118F10N12O14. The number of halogens is 10. The summed E-state index contributed by atoms with van der Waals surface area (Å²) in [4.78, 5) is 193. The van der Waals surface area contributed by atoms with Gasteiger partial charge in [0.2, 0.25) is 77.3 Å². The summed E-state index contributed by atoms with van der Waals surface area (Å²) in [5.74, 6) is -18.0. The number of amides is 12. The minimum Gasteiger partial charge on any atom is -0.378 e. The van der Waals surface area contributed by atoms with Crippen LogP contribution in [-0.2, 0) is 67.0 Å². The fraction of sp³-hybridized carbons (Fsp3) is 0.844. The number of carbonyl (C=O) groups excluding carboxylic acids is 12. The molecule has 2 unspecified atom stereocenters. The second-order valence-corrected chi connectivity index (χ2v) is 32.7. The van der Waals surface area contributed by atoms with Crippen molar-refractivity contribution in [2.45, 2.75) is 279 Å². The number of carbonyl (C=O) groups is 12. The van der Waals surface area contributed by atoms with E-state index in [-0.39, 0.29) is 123 Å². The summed E-state index contributed by atoms with van der Waals surface area (Å²) in [6, 6.07) is -12.3. The molecule has 0 radical (unpaired) electrons. The van der Waals surface area contributed by atoms with Crippen molar-refractivity contribution in [3.63, 3.8) is 0 Å². The minimum atomic E-state index is -5.23. The van der Waals surface area contributed by atoms with Crippen molar-refractivity contribution < 1.29 is 111 Å². The van der Waals surface area contributed by atoms with E-state index in [4.69, 9.17) is 9.47 Å². The summed E-state index contributed by atoms with van der Waals surface area (Å²) in [5, 5.41) is 8.21. The smallest absolute Gasteiger partial charge is 0.378 e. The van der Waals surface area contributed by atoms with Gasteiger partial charge in [-0.25, -0.2) is 17.6 Å². The van der Waals surface area contributed by atoms with E-state index in [9.17, 15) is 54.3 Å². The van der Waals surface area contributed by atoms with Crippen LogP contribution in [0, 0.1) is 35.5 Å². The summed E-state index contributed by atoms with van der Waals surface area (Å²) in [7, 11) is 6.30. The Hall–Kier alpha value is -7.14. The molecule has 36 heteroatoms. The van der Waals surface area contributed by atoms with Gasteiger partial charge in [-0.15, -0.1) is 0 Å². The minimum absolute atomic E-state index is 0.0110. The second kappa shape index (κ2) is 40.1. The van der Waals surface area contributed by atoms with Gasteiger partial charge in [-0.05, 0) is 147 Å². The van der Waals surface area contributed by atoms with Gasteiger partial charge < -0.3 is 69.5 Å². The Bertz CT molecular complexity index is 3310. The van der Waals surface area contributed by atoms with Gasteiger partial charge in [-0.1, -0.05) is 46.0 Å². The molecule has 0 aromatic rings. The standard InChI is InChI=1S/C77H118F10N12O14/c1-10-45(4)64-72(109)92(6)44-62(102)94(8)55-21-14-13-17-32-98(71(55)108)57(39-46-22-25-49(26-23-46)76(82,83)84)69(106)91(5)43-60(100)88-53(27-24-47-37-51(78)63(52(79)38-47)77(85,86)87)68(105)99-42-50(113-12-3)40-56(99)67(104)90-75(30-18-31-75)74(111)95(9)65(48-19-15-16-20-48)73(110)97(11-2)58(70(107)96-33-35-112-36-34-96)41-61(101)93(7)54(66(103)89-64)28-29-59(80)81/h45-59,63-65H,10-44H2,1-9H3,(H,88,100)(H,89,103)(H,90,104)/t45-,46?,47?,49?,50+,51?,52?,53-,54-,55-,56-,57-,58-,63?,64-,65-/m0/s1. The third-order valence-electron chi connectivity index (χ3n) is 25.3. The predicted octanol–water partition coefficient (Wildman–Crippen LogP) is 6.73. The molecule has 3 N–H and O–H groups in total. The summed E-state index contributed by atoms with van der Waals surface area (Å²) in [5.41, 5.74) is -1.75. The number of rotatable bonds is 15. The number of nitrogens with one attached hydrogen (secondary N) is 3. The second-order valence-electron chi connectivity index (χ2n) is 32.7. The van der Waals surface area contributed by atoms with Gasteiger partial charge in [0.15, 0.2) is 0 Å². The first-order chi connectivity index (χ1) is 53.3. The molecule has 1 spiro atoms. The molecule has 4 heterocycles. The Balaban J connectivity index is 1.22. The van der Waals surface area contributed by atoms with Crippen molar-refractivity contribution in [1.82, 2.24) is 60.0 Å². The first-order valence-corrected chi connectivity index (χ1v) is 40.6. The van der Waals surface area contributed by atoms with Gasteiger partial charge in [-0.3, -0.25) is 57.5 Å². The average Bonchev–Trinajstić information content (AvgIpc) is 1.75. The van der Waals surface area contributed by atoms with Gasteiger partial charge in [-0.2, -0.15) is 26.3 Å². The zero-order valence-electron chi connectivity index (χ0n) is 66.7. The third kappa shape index (κ3) is 22.5. The number of morpholine rings is 1. The van der Waals surface area contributed by atoms with Crippen molar-refractivity contribution >= 4 is 70.9 Å². The first-order valence-electron chi connectivity index (χ1n) is 40.6. The van der Waals surface area contributed by atoms with Crippen molar-refractivity contribution in [3.8, 4) is 0 Å². The number of ether oxygens (including phenoxy) is 2. The molecule has 4 saturated heterocycles. The van der Waals surface area contributed by atoms with Crippen LogP contribution in [0.25, 0.3) is 0 Å². The van der Waals surface area contributed by atoms with E-state index in [1.807, 2.05) is 0 Å². The Morgan fingerprint density at radius 2 is 1.24 bits per heavy atom. The highest BCUT2D eigenvalue weighted by Gasteiger charge is 2.57. The SMILES string of the molecule is CCO[C@@H]1C[C@H]2C(=O)NC3(CCC3)C(=O)N(C)[C@@H](C3CCCC3)C(=O)N(CC)[C@H](C(=O)N3CCOCC3)CC(=O)N(C)[C@@H](CCC(F)F)C(=O)N[C@@H]([C@@H](C)CC)C(=O)N(C)CC(=O)N(C)[C@H]3CCCCCN(C3=O)[C@@H](CC3CCC(C(F)(F)F)CC3)C(=O)N(C)CC(=O)N[C@@H](CCC3CC(F)C(C(F)(F)F)C(F)C3)C(=O)N2C1. The summed E-state index contributed by atoms with van der Waals surface area (Å²) in [6.45, 7) is 4.47. The molecule has 0 aromatic heterocycles. The highest BCUT2D eigenvalue weighted by Crippen LogP contribution is 2.46. The Morgan fingerprint density at radius 1 is 0.611 bits per heavy atom. The normalized spacial score (nSPS) is 31.8. The molecule has 4 aliphatic carbocycles. The lowest BCUT2D eigenvalue weighted by Crippen LogP contribution is -2.68. The lowest BCUT2D eigenvalue weighted by Gasteiger charge is -2.47. The maximum atomic E-state index is 15.9. The molecule has 12 atom stereocenters. The van der Waals surface area contributed by atoms with E-state index in [1.54, 1.807) is 27.7 Å². The largest absolute Gasteiger partial charge is 0.397 e. The molecule has 8 aliphatic rings. The zero-order valence-corrected chi connectivity index (χ0v) is 66.7. The van der Waals surface area contributed by atoms with Crippen LogP contribution < -0.4 is 16.0 Å². The zero-order chi connectivity index (χ0) is 83.3. The van der Waals surface area contributed by atoms with Crippen LogP contribution >= 0.6 is 0 Å². The summed E-state index contributed by atoms with van der Waals surface area (Å²) in [6.07, 6.45) is -21.1. The van der Waals surface area contributed by atoms with E-state index in [1.165, 1.54) is 47.8 Å². The fourth-order valence-corrected chi connectivity index (χ4v) is 18.2. The van der Waals surface area contributed by atoms with E-state index >= 15 is 47.1 Å². The number of hydrogen-bond donors (Lipinski definition) is 3. The summed E-state index contributed by atoms with van der Waals surface area (Å²) < 4.78 is 156. The van der Waals surface area contributed by atoms with Crippen LogP contribution in [0.4, 0.5) is 43.9 Å². The van der Waals surface area contributed by atoms with Crippen LogP contribution in [0.3, 0.4) is 0 Å². The monoisotopic (exact) mass is 1620 g/mol. The van der Waals surface area contributed by atoms with Gasteiger partial charge in [0.25, 0.3) is 0 Å². The van der Waals surface area contributed by atoms with Crippen LogP contribution in [0.15, 0.2) is 0 Å². The number of hydrogen-bond acceptors (Lipinski definition) is 14. The Morgan fingerprint density at radius 3 is 1.81 bits per heavy atom. The average molecular weight is 1630 g/mol. The number of alkyl halides is 10. The van der Waals surface area contributed by atoms with Gasteiger partial charge in [0.05, 0.1) is 44.7 Å². The maximum absolute atomic E-state index is 15.9. The molecule has 8 fully saturated rings. The quantitative estimate of drug-likeness (QED) is 0.143. The molecule has 8 rings (SSSR count). The van der Waals surface area contributed by atoms with Crippen molar-refractivity contribution in [1.29, 1.82) is 0 Å². The van der Waals surface area contributed by atoms with E-state index < -0.39 is 249 Å². The lowest BCUT2D eigenvalue weighted by atomic mass is 9.74. The predicted molar refractivity (Wildman–Crippen MR) is 390 cm³/mol. The maximum Gasteiger partial charge on any atom is 0.397 e. The molecule has 26 nitrogen and oxygen atoms in total.